The summed E-state index contributed by atoms with van der Waals surface area (Å²) in [7, 11) is 9.76. The van der Waals surface area contributed by atoms with Crippen molar-refractivity contribution in [2.75, 3.05) is 20.2 Å². The van der Waals surface area contributed by atoms with Crippen molar-refractivity contribution >= 4 is 40.8 Å². The van der Waals surface area contributed by atoms with Gasteiger partial charge in [-0.3, -0.25) is 9.48 Å². The van der Waals surface area contributed by atoms with Gasteiger partial charge in [-0.1, -0.05) is 0 Å². The maximum Gasteiger partial charge on any atom is 0.273 e. The Labute approximate surface area is 228 Å². The molecule has 13 heteroatoms. The SMILES string of the molecule is BC(B)(B)N(C(=O)c1nn(-c2ccsc2)c2c1COc1cc(OC)c(-c3ccn(C)n3)cc1-2)C1(C)CNC1. The first-order valence-electron chi connectivity index (χ1n) is 12.7. The topological polar surface area (TPSA) is 86.4 Å². The lowest BCUT2D eigenvalue weighted by molar-refractivity contribution is 0.0320. The van der Waals surface area contributed by atoms with Crippen molar-refractivity contribution in [3.8, 4) is 39.7 Å². The molecule has 5 heterocycles. The van der Waals surface area contributed by atoms with Crippen LogP contribution in [0, 0.1) is 0 Å². The Morgan fingerprint density at radius 2 is 2.03 bits per heavy atom. The molecule has 3 aromatic heterocycles. The van der Waals surface area contributed by atoms with Crippen LogP contribution in [-0.4, -0.2) is 84.9 Å². The second-order valence-electron chi connectivity index (χ2n) is 11.2. The molecule has 0 aliphatic carbocycles. The highest BCUT2D eigenvalue weighted by Crippen LogP contribution is 2.46. The van der Waals surface area contributed by atoms with Gasteiger partial charge in [-0.25, -0.2) is 4.68 Å². The van der Waals surface area contributed by atoms with Crippen LogP contribution < -0.4 is 14.8 Å². The van der Waals surface area contributed by atoms with Crippen molar-refractivity contribution in [3.63, 3.8) is 0 Å². The van der Waals surface area contributed by atoms with E-state index in [9.17, 15) is 4.79 Å². The van der Waals surface area contributed by atoms with E-state index in [1.807, 2.05) is 57.9 Å². The summed E-state index contributed by atoms with van der Waals surface area (Å²) in [6, 6.07) is 7.90. The largest absolute Gasteiger partial charge is 0.496 e. The van der Waals surface area contributed by atoms with Gasteiger partial charge in [0.25, 0.3) is 5.91 Å². The van der Waals surface area contributed by atoms with Crippen LogP contribution in [0.5, 0.6) is 11.5 Å². The fraction of sp³-hybridized carbons (Fsp3) is 0.320. The summed E-state index contributed by atoms with van der Waals surface area (Å²) >= 11 is 1.59. The lowest BCUT2D eigenvalue weighted by Gasteiger charge is -2.54. The number of nitrogens with one attached hydrogen (secondary N) is 1. The molecule has 2 aliphatic rings. The number of carbonyl (C=O) groups is 1. The number of aryl methyl sites for hydroxylation is 1. The van der Waals surface area contributed by atoms with Crippen LogP contribution in [0.2, 0.25) is 0 Å². The summed E-state index contributed by atoms with van der Waals surface area (Å²) in [6.45, 7) is 3.87. The van der Waals surface area contributed by atoms with E-state index in [0.717, 1.165) is 46.9 Å². The number of nitrogens with zero attached hydrogens (tertiary/aromatic N) is 5. The zero-order valence-electron chi connectivity index (χ0n) is 22.5. The van der Waals surface area contributed by atoms with E-state index >= 15 is 0 Å². The van der Waals surface area contributed by atoms with Gasteiger partial charge < -0.3 is 19.7 Å². The monoisotopic (exact) mass is 526 g/mol. The molecular formula is C25H29B3N6O3S. The minimum Gasteiger partial charge on any atom is -0.496 e. The molecule has 1 aromatic carbocycles. The first-order chi connectivity index (χ1) is 18.1. The van der Waals surface area contributed by atoms with Gasteiger partial charge in [0.2, 0.25) is 0 Å². The quantitative estimate of drug-likeness (QED) is 0.362. The molecule has 2 aliphatic heterocycles. The van der Waals surface area contributed by atoms with Crippen molar-refractivity contribution in [3.05, 3.63) is 52.5 Å². The van der Waals surface area contributed by atoms with Gasteiger partial charge in [-0.2, -0.15) is 21.5 Å². The first kappa shape index (κ1) is 24.9. The van der Waals surface area contributed by atoms with E-state index in [0.29, 0.717) is 17.2 Å². The fourth-order valence-corrected chi connectivity index (χ4v) is 6.27. The smallest absolute Gasteiger partial charge is 0.273 e. The van der Waals surface area contributed by atoms with Crippen LogP contribution in [-0.2, 0) is 13.7 Å². The van der Waals surface area contributed by atoms with Crippen molar-refractivity contribution in [2.45, 2.75) is 24.3 Å². The number of hydrogen-bond donors (Lipinski definition) is 1. The number of ether oxygens (including phenoxy) is 2. The molecule has 0 bridgehead atoms. The fourth-order valence-electron chi connectivity index (χ4n) is 5.65. The second-order valence-corrected chi connectivity index (χ2v) is 12.0. The molecule has 0 atom stereocenters. The van der Waals surface area contributed by atoms with Gasteiger partial charge >= 0.3 is 0 Å². The molecule has 192 valence electrons. The average molecular weight is 526 g/mol. The molecule has 0 saturated carbocycles. The third-order valence-electron chi connectivity index (χ3n) is 7.28. The van der Waals surface area contributed by atoms with Crippen LogP contribution in [0.3, 0.4) is 0 Å². The molecule has 4 aromatic rings. The summed E-state index contributed by atoms with van der Waals surface area (Å²) in [5.74, 6) is 1.28. The highest BCUT2D eigenvalue weighted by Gasteiger charge is 2.47. The van der Waals surface area contributed by atoms with Crippen LogP contribution in [0.15, 0.2) is 41.2 Å². The number of methoxy groups -OCH3 is 1. The molecule has 1 N–H and O–H groups in total. The van der Waals surface area contributed by atoms with E-state index in [-0.39, 0.29) is 23.3 Å². The Kier molecular flexibility index (Phi) is 5.77. The number of aromatic nitrogens is 4. The summed E-state index contributed by atoms with van der Waals surface area (Å²) < 4.78 is 15.6. The number of fused-ring (bicyclic) bond motifs is 3. The van der Waals surface area contributed by atoms with Crippen molar-refractivity contribution < 1.29 is 14.3 Å². The molecule has 1 saturated heterocycles. The van der Waals surface area contributed by atoms with Gasteiger partial charge in [-0.15, -0.1) is 0 Å². The van der Waals surface area contributed by atoms with Crippen molar-refractivity contribution in [2.24, 2.45) is 7.05 Å². The van der Waals surface area contributed by atoms with E-state index in [4.69, 9.17) is 14.6 Å². The predicted octanol–water partition coefficient (Wildman–Crippen LogP) is 0.217. The first-order valence-corrected chi connectivity index (χ1v) is 13.6. The van der Waals surface area contributed by atoms with Crippen LogP contribution >= 0.6 is 11.3 Å². The molecule has 0 radical (unpaired) electrons. The number of rotatable bonds is 6. The molecule has 9 nitrogen and oxygen atoms in total. The van der Waals surface area contributed by atoms with Gasteiger partial charge in [0.1, 0.15) is 41.6 Å². The predicted molar refractivity (Wildman–Crippen MR) is 156 cm³/mol. The van der Waals surface area contributed by atoms with Crippen molar-refractivity contribution in [1.29, 1.82) is 0 Å². The van der Waals surface area contributed by atoms with Gasteiger partial charge in [-0.05, 0) is 35.7 Å². The minimum absolute atomic E-state index is 0.0859. The molecule has 0 spiro atoms. The molecule has 1 fully saturated rings. The van der Waals surface area contributed by atoms with Crippen LogP contribution in [0.25, 0.3) is 28.2 Å². The number of thiophene rings is 1. The van der Waals surface area contributed by atoms with Gasteiger partial charge in [0.15, 0.2) is 5.69 Å². The Morgan fingerprint density at radius 3 is 2.61 bits per heavy atom. The maximum atomic E-state index is 14.3. The van der Waals surface area contributed by atoms with Crippen molar-refractivity contribution in [1.82, 2.24) is 29.8 Å². The van der Waals surface area contributed by atoms with Crippen LogP contribution in [0.1, 0.15) is 23.0 Å². The number of amides is 1. The highest BCUT2D eigenvalue weighted by molar-refractivity contribution is 7.08. The van der Waals surface area contributed by atoms with Gasteiger partial charge in [0.05, 0.1) is 29.7 Å². The third kappa shape index (κ3) is 3.87. The summed E-state index contributed by atoms with van der Waals surface area (Å²) in [5, 5.41) is 16.6. The summed E-state index contributed by atoms with van der Waals surface area (Å²) in [6.07, 6.45) is 1.90. The van der Waals surface area contributed by atoms with Crippen LogP contribution in [0.4, 0.5) is 0 Å². The molecule has 0 unspecified atom stereocenters. The summed E-state index contributed by atoms with van der Waals surface area (Å²) in [4.78, 5) is 16.3. The lowest BCUT2D eigenvalue weighted by atomic mass is 9.47. The summed E-state index contributed by atoms with van der Waals surface area (Å²) in [5.41, 5.74) is 5.18. The zero-order chi connectivity index (χ0) is 26.8. The Hall–Kier alpha value is -3.44. The number of hydrogen-bond acceptors (Lipinski definition) is 7. The Morgan fingerprint density at radius 1 is 1.24 bits per heavy atom. The molecule has 38 heavy (non-hydrogen) atoms. The minimum atomic E-state index is -0.389. The highest BCUT2D eigenvalue weighted by atomic mass is 32.1. The molecule has 6 rings (SSSR count). The van der Waals surface area contributed by atoms with Gasteiger partial charge in [0, 0.05) is 54.5 Å². The molecular weight excluding hydrogens is 497 g/mol. The van der Waals surface area contributed by atoms with E-state index in [2.05, 4.69) is 40.9 Å². The zero-order valence-corrected chi connectivity index (χ0v) is 23.3. The Bertz CT molecular complexity index is 1540. The maximum absolute atomic E-state index is 14.3. The number of carbonyl (C=O) groups excluding carboxylic acids is 1. The second kappa shape index (κ2) is 8.81. The van der Waals surface area contributed by atoms with E-state index in [1.54, 1.807) is 23.1 Å². The molecule has 1 amide bonds. The van der Waals surface area contributed by atoms with E-state index in [1.165, 1.54) is 0 Å². The normalized spacial score (nSPS) is 15.7. The number of benzene rings is 1. The van der Waals surface area contributed by atoms with E-state index < -0.39 is 0 Å². The average Bonchev–Trinajstić information content (AvgIpc) is 3.60. The lowest BCUT2D eigenvalue weighted by Crippen LogP contribution is -2.74. The third-order valence-corrected chi connectivity index (χ3v) is 7.95. The Balaban J connectivity index is 1.57. The standard InChI is InChI=1S/C25H29B3N6O3S/c1-24(12-29-13-24)34(25(26,27)28)23(35)21-17-10-37-20-9-19(36-3)15(18-4-6-32(2)30-18)8-16(20)22(17)33(31-21)14-5-7-38-11-14/h4-9,11,29H,10,12-13,26-28H2,1-3H3.